The van der Waals surface area contributed by atoms with Crippen LogP contribution < -0.4 is 5.01 Å². The van der Waals surface area contributed by atoms with E-state index < -0.39 is 6.04 Å². The monoisotopic (exact) mass is 369 g/mol. The highest BCUT2D eigenvalue weighted by molar-refractivity contribution is 5.98. The van der Waals surface area contributed by atoms with Crippen molar-refractivity contribution in [1.82, 2.24) is 4.90 Å². The van der Waals surface area contributed by atoms with Crippen molar-refractivity contribution in [2.45, 2.75) is 57.5 Å². The highest BCUT2D eigenvalue weighted by Gasteiger charge is 2.48. The van der Waals surface area contributed by atoms with Crippen LogP contribution in [0.1, 0.15) is 55.8 Å². The van der Waals surface area contributed by atoms with Crippen LogP contribution in [-0.2, 0) is 9.53 Å². The maximum atomic E-state index is 13.3. The van der Waals surface area contributed by atoms with Crippen molar-refractivity contribution in [3.63, 3.8) is 0 Å². The molecule has 1 aliphatic carbocycles. The molecule has 2 heterocycles. The summed E-state index contributed by atoms with van der Waals surface area (Å²) < 4.78 is 5.00. The van der Waals surface area contributed by atoms with E-state index in [0.717, 1.165) is 50.0 Å². The van der Waals surface area contributed by atoms with E-state index in [2.05, 4.69) is 5.10 Å². The van der Waals surface area contributed by atoms with Gasteiger partial charge in [0.1, 0.15) is 6.04 Å². The predicted molar refractivity (Wildman–Crippen MR) is 104 cm³/mol. The number of fused-ring (bicyclic) bond motifs is 1. The van der Waals surface area contributed by atoms with Crippen LogP contribution in [0.25, 0.3) is 0 Å². The van der Waals surface area contributed by atoms with E-state index in [1.54, 1.807) is 0 Å². The fourth-order valence-electron chi connectivity index (χ4n) is 4.78. The van der Waals surface area contributed by atoms with Gasteiger partial charge in [-0.2, -0.15) is 5.10 Å². The predicted octanol–water partition coefficient (Wildman–Crippen LogP) is 3.22. The minimum absolute atomic E-state index is 0.0625. The van der Waals surface area contributed by atoms with E-state index in [0.29, 0.717) is 11.5 Å². The lowest BCUT2D eigenvalue weighted by Crippen LogP contribution is -2.46. The first-order chi connectivity index (χ1) is 13.1. The zero-order chi connectivity index (χ0) is 19.0. The van der Waals surface area contributed by atoms with Crippen LogP contribution in [0.4, 0.5) is 5.69 Å². The van der Waals surface area contributed by atoms with E-state index in [1.807, 2.05) is 41.1 Å². The quantitative estimate of drug-likeness (QED) is 0.768. The number of likely N-dealkylation sites (tertiary alicyclic amines) is 1. The highest BCUT2D eigenvalue weighted by Crippen LogP contribution is 2.41. The third-order valence-corrected chi connectivity index (χ3v) is 6.18. The van der Waals surface area contributed by atoms with Gasteiger partial charge in [-0.25, -0.2) is 4.79 Å². The van der Waals surface area contributed by atoms with Crippen LogP contribution in [0.15, 0.2) is 29.4 Å². The molecule has 6 nitrogen and oxygen atoms in total. The molecule has 144 valence electrons. The molecule has 0 bridgehead atoms. The number of ether oxygens (including phenoxy) is 1. The summed E-state index contributed by atoms with van der Waals surface area (Å²) in [4.78, 5) is 27.4. The van der Waals surface area contributed by atoms with Gasteiger partial charge in [0.2, 0.25) is 0 Å². The summed E-state index contributed by atoms with van der Waals surface area (Å²) in [5.74, 6) is 0.0525. The minimum atomic E-state index is -0.457. The number of rotatable bonds is 3. The van der Waals surface area contributed by atoms with Gasteiger partial charge in [0.15, 0.2) is 0 Å². The number of esters is 1. The molecule has 4 rings (SSSR count). The summed E-state index contributed by atoms with van der Waals surface area (Å²) in [6.45, 7) is 2.90. The molecule has 0 radical (unpaired) electrons. The molecule has 1 aromatic carbocycles. The topological polar surface area (TPSA) is 62.2 Å². The number of methoxy groups -OCH3 is 1. The Morgan fingerprint density at radius 2 is 1.89 bits per heavy atom. The summed E-state index contributed by atoms with van der Waals surface area (Å²) in [6, 6.07) is 7.28. The van der Waals surface area contributed by atoms with Gasteiger partial charge >= 0.3 is 5.97 Å². The number of hydrogen-bond acceptors (Lipinski definition) is 5. The summed E-state index contributed by atoms with van der Waals surface area (Å²) in [6.07, 6.45) is 6.06. The molecule has 2 fully saturated rings. The van der Waals surface area contributed by atoms with E-state index >= 15 is 0 Å². The number of carbonyl (C=O) groups excluding carboxylic acids is 2. The van der Waals surface area contributed by atoms with Gasteiger partial charge in [-0.05, 0) is 56.4 Å². The van der Waals surface area contributed by atoms with Crippen molar-refractivity contribution in [2.24, 2.45) is 11.0 Å². The van der Waals surface area contributed by atoms with Crippen molar-refractivity contribution in [2.75, 3.05) is 18.7 Å². The van der Waals surface area contributed by atoms with Crippen molar-refractivity contribution in [3.05, 3.63) is 29.8 Å². The van der Waals surface area contributed by atoms with Crippen molar-refractivity contribution in [3.8, 4) is 0 Å². The van der Waals surface area contributed by atoms with Crippen LogP contribution in [0.2, 0.25) is 0 Å². The number of hydrazone groups is 1. The number of hydrogen-bond donors (Lipinski definition) is 0. The third kappa shape index (κ3) is 3.33. The van der Waals surface area contributed by atoms with Gasteiger partial charge < -0.3 is 9.64 Å². The van der Waals surface area contributed by atoms with E-state index in [-0.39, 0.29) is 17.9 Å². The smallest absolute Gasteiger partial charge is 0.328 e. The molecule has 0 N–H and O–H groups in total. The van der Waals surface area contributed by atoms with Crippen molar-refractivity contribution >= 4 is 23.3 Å². The Morgan fingerprint density at radius 3 is 2.56 bits per heavy atom. The van der Waals surface area contributed by atoms with Gasteiger partial charge in [0, 0.05) is 30.3 Å². The minimum Gasteiger partial charge on any atom is -0.467 e. The average Bonchev–Trinajstić information content (AvgIpc) is 3.30. The van der Waals surface area contributed by atoms with E-state index in [4.69, 9.17) is 4.74 Å². The standard InChI is InChI=1S/C21H27N3O3/c1-14-11-12-23(22-14)17-9-7-15(8-10-17)20(25)24-18-6-4-3-5-16(18)13-19(24)21(26)27-2/h7-10,16,18-19H,3-6,11-13H2,1-2H3/t16-,18+,19-/m0/s1. The Hall–Kier alpha value is -2.37. The number of anilines is 1. The van der Waals surface area contributed by atoms with Gasteiger partial charge in [-0.15, -0.1) is 0 Å². The highest BCUT2D eigenvalue weighted by atomic mass is 16.5. The molecule has 6 heteroatoms. The number of nitrogens with zero attached hydrogens (tertiary/aromatic N) is 3. The van der Waals surface area contributed by atoms with Crippen LogP contribution in [0, 0.1) is 5.92 Å². The lowest BCUT2D eigenvalue weighted by atomic mass is 9.84. The zero-order valence-corrected chi connectivity index (χ0v) is 16.1. The zero-order valence-electron chi connectivity index (χ0n) is 16.1. The molecule has 27 heavy (non-hydrogen) atoms. The second-order valence-electron chi connectivity index (χ2n) is 7.85. The number of amides is 1. The first kappa shape index (κ1) is 18.0. The molecule has 0 aromatic heterocycles. The molecule has 3 aliphatic rings. The molecule has 0 unspecified atom stereocenters. The molecular formula is C21H27N3O3. The maximum Gasteiger partial charge on any atom is 0.328 e. The molecule has 3 atom stereocenters. The van der Waals surface area contributed by atoms with Crippen molar-refractivity contribution < 1.29 is 14.3 Å². The average molecular weight is 369 g/mol. The van der Waals surface area contributed by atoms with E-state index in [9.17, 15) is 9.59 Å². The Bertz CT molecular complexity index is 758. The summed E-state index contributed by atoms with van der Waals surface area (Å²) in [5.41, 5.74) is 2.74. The number of benzene rings is 1. The van der Waals surface area contributed by atoms with Crippen molar-refractivity contribution in [1.29, 1.82) is 0 Å². The van der Waals surface area contributed by atoms with Crippen LogP contribution in [0.3, 0.4) is 0 Å². The van der Waals surface area contributed by atoms with Crippen LogP contribution in [0.5, 0.6) is 0 Å². The molecular weight excluding hydrogens is 342 g/mol. The SMILES string of the molecule is COC(=O)[C@@H]1C[C@@H]2CCCC[C@H]2N1C(=O)c1ccc(N2CCC(C)=N2)cc1. The lowest BCUT2D eigenvalue weighted by molar-refractivity contribution is -0.145. The van der Waals surface area contributed by atoms with Gasteiger partial charge in [0.05, 0.1) is 12.8 Å². The molecule has 1 aromatic rings. The summed E-state index contributed by atoms with van der Waals surface area (Å²) in [5, 5.41) is 6.47. The van der Waals surface area contributed by atoms with Crippen LogP contribution >= 0.6 is 0 Å². The Balaban J connectivity index is 1.57. The second kappa shape index (κ2) is 7.33. The first-order valence-electron chi connectivity index (χ1n) is 9.90. The summed E-state index contributed by atoms with van der Waals surface area (Å²) in [7, 11) is 1.40. The fourth-order valence-corrected chi connectivity index (χ4v) is 4.78. The number of carbonyl (C=O) groups is 2. The molecule has 2 aliphatic heterocycles. The Labute approximate surface area is 160 Å². The first-order valence-corrected chi connectivity index (χ1v) is 9.90. The third-order valence-electron chi connectivity index (χ3n) is 6.18. The Kier molecular flexibility index (Phi) is 4.89. The summed E-state index contributed by atoms with van der Waals surface area (Å²) >= 11 is 0. The molecule has 0 spiro atoms. The normalized spacial score (nSPS) is 27.3. The fraction of sp³-hybridized carbons (Fsp3) is 0.571. The second-order valence-corrected chi connectivity index (χ2v) is 7.85. The van der Waals surface area contributed by atoms with Gasteiger partial charge in [-0.3, -0.25) is 9.80 Å². The molecule has 1 saturated heterocycles. The Morgan fingerprint density at radius 1 is 1.15 bits per heavy atom. The molecule has 1 amide bonds. The van der Waals surface area contributed by atoms with Gasteiger partial charge in [0.25, 0.3) is 5.91 Å². The largest absolute Gasteiger partial charge is 0.467 e. The van der Waals surface area contributed by atoms with Crippen LogP contribution in [-0.4, -0.2) is 48.2 Å². The maximum absolute atomic E-state index is 13.3. The molecule has 1 saturated carbocycles. The van der Waals surface area contributed by atoms with Gasteiger partial charge in [-0.1, -0.05) is 12.8 Å². The van der Waals surface area contributed by atoms with E-state index in [1.165, 1.54) is 13.5 Å². The lowest BCUT2D eigenvalue weighted by Gasteiger charge is -2.33.